The summed E-state index contributed by atoms with van der Waals surface area (Å²) in [5.74, 6) is 0.228. The zero-order valence-corrected chi connectivity index (χ0v) is 10.1. The number of hydrogen-bond acceptors (Lipinski definition) is 5. The highest BCUT2D eigenvalue weighted by molar-refractivity contribution is 7.99. The summed E-state index contributed by atoms with van der Waals surface area (Å²) >= 11 is 1.45. The zero-order valence-electron chi connectivity index (χ0n) is 9.32. The second-order valence-electron chi connectivity index (χ2n) is 3.16. The zero-order chi connectivity index (χ0) is 12.6. The van der Waals surface area contributed by atoms with E-state index in [4.69, 9.17) is 5.73 Å². The lowest BCUT2D eigenvalue weighted by molar-refractivity contribution is -0.144. The van der Waals surface area contributed by atoms with Crippen molar-refractivity contribution < 1.29 is 19.1 Å². The fourth-order valence-corrected chi connectivity index (χ4v) is 1.88. The van der Waals surface area contributed by atoms with E-state index in [1.807, 2.05) is 5.32 Å². The van der Waals surface area contributed by atoms with Crippen LogP contribution in [0.15, 0.2) is 0 Å². The number of carbonyl (C=O) groups excluding carboxylic acids is 3. The van der Waals surface area contributed by atoms with Gasteiger partial charge in [-0.2, -0.15) is 11.8 Å². The van der Waals surface area contributed by atoms with Crippen LogP contribution in [-0.4, -0.2) is 36.5 Å². The van der Waals surface area contributed by atoms with Gasteiger partial charge >= 0.3 is 12.0 Å². The molecule has 0 fully saturated rings. The highest BCUT2D eigenvalue weighted by atomic mass is 32.2. The minimum Gasteiger partial charge on any atom is -0.469 e. The van der Waals surface area contributed by atoms with E-state index < -0.39 is 11.9 Å². The molecule has 0 aromatic rings. The molecule has 0 heterocycles. The lowest BCUT2D eigenvalue weighted by atomic mass is 10.2. The van der Waals surface area contributed by atoms with Crippen molar-refractivity contribution in [3.8, 4) is 0 Å². The lowest BCUT2D eigenvalue weighted by Gasteiger charge is -2.07. The summed E-state index contributed by atoms with van der Waals surface area (Å²) in [5, 5.41) is 1.96. The molecule has 0 aliphatic rings. The van der Waals surface area contributed by atoms with Crippen molar-refractivity contribution in [1.29, 1.82) is 0 Å². The van der Waals surface area contributed by atoms with Gasteiger partial charge < -0.3 is 10.5 Å². The number of methoxy groups -OCH3 is 1. The topological polar surface area (TPSA) is 98.5 Å². The molecule has 6 nitrogen and oxygen atoms in total. The molecule has 7 heteroatoms. The normalized spacial score (nSPS) is 11.6. The molecule has 0 aliphatic carbocycles. The summed E-state index contributed by atoms with van der Waals surface area (Å²) in [6.07, 6.45) is 0.196. The van der Waals surface area contributed by atoms with E-state index >= 15 is 0 Å². The molecule has 1 unspecified atom stereocenters. The van der Waals surface area contributed by atoms with Crippen LogP contribution < -0.4 is 11.1 Å². The molecule has 0 bridgehead atoms. The Kier molecular flexibility index (Phi) is 7.36. The highest BCUT2D eigenvalue weighted by Crippen LogP contribution is 2.10. The molecule has 0 aromatic carbocycles. The number of carbonyl (C=O) groups is 3. The molecule has 0 spiro atoms. The molecule has 92 valence electrons. The standard InChI is InChI=1S/C9H16N2O4S/c1-6(8(13)15-2)5-16-4-3-7(12)11-9(10)14/h6H,3-5H2,1-2H3,(H3,10,11,12,14). The lowest BCUT2D eigenvalue weighted by Crippen LogP contribution is -2.35. The SMILES string of the molecule is COC(=O)C(C)CSCCC(=O)NC(N)=O. The number of rotatable bonds is 6. The van der Waals surface area contributed by atoms with Crippen molar-refractivity contribution in [3.05, 3.63) is 0 Å². The first-order valence-corrected chi connectivity index (χ1v) is 5.87. The van der Waals surface area contributed by atoms with E-state index in [9.17, 15) is 14.4 Å². The van der Waals surface area contributed by atoms with Crippen LogP contribution in [0.5, 0.6) is 0 Å². The van der Waals surface area contributed by atoms with Gasteiger partial charge in [-0.1, -0.05) is 6.92 Å². The van der Waals surface area contributed by atoms with Crippen LogP contribution in [0.3, 0.4) is 0 Å². The third-order valence-corrected chi connectivity index (χ3v) is 2.94. The summed E-state index contributed by atoms with van der Waals surface area (Å²) < 4.78 is 4.55. The fraction of sp³-hybridized carbons (Fsp3) is 0.667. The molecule has 0 aromatic heterocycles. The van der Waals surface area contributed by atoms with Crippen molar-refractivity contribution in [2.24, 2.45) is 11.7 Å². The van der Waals surface area contributed by atoms with Crippen LogP contribution in [0.4, 0.5) is 4.79 Å². The average Bonchev–Trinajstić information content (AvgIpc) is 2.21. The monoisotopic (exact) mass is 248 g/mol. The number of imide groups is 1. The minimum atomic E-state index is -0.849. The van der Waals surface area contributed by atoms with E-state index in [2.05, 4.69) is 4.74 Å². The van der Waals surface area contributed by atoms with Gasteiger partial charge in [0.1, 0.15) is 0 Å². The number of amides is 3. The third-order valence-electron chi connectivity index (χ3n) is 1.71. The maximum absolute atomic E-state index is 11.0. The molecule has 1 atom stereocenters. The molecule has 0 saturated heterocycles. The van der Waals surface area contributed by atoms with Gasteiger partial charge in [-0.15, -0.1) is 0 Å². The van der Waals surface area contributed by atoms with Crippen molar-refractivity contribution in [3.63, 3.8) is 0 Å². The van der Waals surface area contributed by atoms with Gasteiger partial charge in [-0.05, 0) is 0 Å². The van der Waals surface area contributed by atoms with Gasteiger partial charge in [0.05, 0.1) is 13.0 Å². The Hall–Kier alpha value is -1.24. The molecule has 16 heavy (non-hydrogen) atoms. The molecule has 3 amide bonds. The van der Waals surface area contributed by atoms with Gasteiger partial charge in [0.2, 0.25) is 5.91 Å². The number of ether oxygens (including phenoxy) is 1. The quantitative estimate of drug-likeness (QED) is 0.513. The predicted octanol–water partition coefficient (Wildman–Crippen LogP) is 0.114. The van der Waals surface area contributed by atoms with E-state index in [0.717, 1.165) is 0 Å². The maximum Gasteiger partial charge on any atom is 0.318 e. The first-order valence-electron chi connectivity index (χ1n) is 4.72. The molecular weight excluding hydrogens is 232 g/mol. The van der Waals surface area contributed by atoms with Gasteiger partial charge in [0.15, 0.2) is 0 Å². The van der Waals surface area contributed by atoms with Crippen molar-refractivity contribution in [2.45, 2.75) is 13.3 Å². The molecular formula is C9H16N2O4S. The number of nitrogens with two attached hydrogens (primary N) is 1. The first kappa shape index (κ1) is 14.8. The van der Waals surface area contributed by atoms with E-state index in [0.29, 0.717) is 11.5 Å². The van der Waals surface area contributed by atoms with Crippen molar-refractivity contribution in [2.75, 3.05) is 18.6 Å². The number of hydrogen-bond donors (Lipinski definition) is 2. The third kappa shape index (κ3) is 7.10. The summed E-state index contributed by atoms with van der Waals surface area (Å²) in [5.41, 5.74) is 4.76. The number of esters is 1. The van der Waals surface area contributed by atoms with Gasteiger partial charge in [-0.25, -0.2) is 4.79 Å². The van der Waals surface area contributed by atoms with Crippen LogP contribution in [0.1, 0.15) is 13.3 Å². The molecule has 3 N–H and O–H groups in total. The van der Waals surface area contributed by atoms with E-state index in [1.54, 1.807) is 6.92 Å². The van der Waals surface area contributed by atoms with Crippen LogP contribution in [-0.2, 0) is 14.3 Å². The van der Waals surface area contributed by atoms with Crippen molar-refractivity contribution >= 4 is 29.7 Å². The summed E-state index contributed by atoms with van der Waals surface area (Å²) in [6, 6.07) is -0.849. The summed E-state index contributed by atoms with van der Waals surface area (Å²) in [6.45, 7) is 1.75. The Morgan fingerprint density at radius 3 is 2.56 bits per heavy atom. The molecule has 0 radical (unpaired) electrons. The van der Waals surface area contributed by atoms with Gasteiger partial charge in [-0.3, -0.25) is 14.9 Å². The smallest absolute Gasteiger partial charge is 0.318 e. The van der Waals surface area contributed by atoms with Gasteiger partial charge in [0, 0.05) is 17.9 Å². The van der Waals surface area contributed by atoms with E-state index in [-0.39, 0.29) is 18.3 Å². The number of thioether (sulfide) groups is 1. The van der Waals surface area contributed by atoms with E-state index in [1.165, 1.54) is 18.9 Å². The minimum absolute atomic E-state index is 0.196. The first-order chi connectivity index (χ1) is 7.47. The van der Waals surface area contributed by atoms with Crippen LogP contribution in [0, 0.1) is 5.92 Å². The largest absolute Gasteiger partial charge is 0.469 e. The maximum atomic E-state index is 11.0. The predicted molar refractivity (Wildman–Crippen MR) is 60.8 cm³/mol. The highest BCUT2D eigenvalue weighted by Gasteiger charge is 2.13. The Labute approximate surface area is 98.3 Å². The van der Waals surface area contributed by atoms with Crippen LogP contribution >= 0.6 is 11.8 Å². The average molecular weight is 248 g/mol. The Morgan fingerprint density at radius 2 is 2.06 bits per heavy atom. The molecule has 0 aliphatic heterocycles. The molecule has 0 saturated carbocycles. The Balaban J connectivity index is 3.56. The van der Waals surface area contributed by atoms with Crippen LogP contribution in [0.25, 0.3) is 0 Å². The van der Waals surface area contributed by atoms with Gasteiger partial charge in [0.25, 0.3) is 0 Å². The number of nitrogens with one attached hydrogen (secondary N) is 1. The second-order valence-corrected chi connectivity index (χ2v) is 4.31. The Morgan fingerprint density at radius 1 is 1.44 bits per heavy atom. The van der Waals surface area contributed by atoms with Crippen molar-refractivity contribution in [1.82, 2.24) is 5.32 Å². The number of primary amides is 1. The molecule has 0 rings (SSSR count). The summed E-state index contributed by atoms with van der Waals surface area (Å²) in [4.78, 5) is 32.3. The van der Waals surface area contributed by atoms with Crippen LogP contribution in [0.2, 0.25) is 0 Å². The fourth-order valence-electron chi connectivity index (χ4n) is 0.894. The number of urea groups is 1. The Bertz CT molecular complexity index is 270. The second kappa shape index (κ2) is 7.98. The summed E-state index contributed by atoms with van der Waals surface area (Å²) in [7, 11) is 1.34.